The van der Waals surface area contributed by atoms with E-state index in [2.05, 4.69) is 20.5 Å². The van der Waals surface area contributed by atoms with Crippen LogP contribution in [0.15, 0.2) is 18.1 Å². The molecule has 0 saturated carbocycles. The number of aromatic amines is 1. The molecule has 1 aromatic heterocycles. The zero-order valence-electron chi connectivity index (χ0n) is 6.96. The third kappa shape index (κ3) is 2.53. The Morgan fingerprint density at radius 1 is 1.67 bits per heavy atom. The average Bonchev–Trinajstić information content (AvgIpc) is 2.37. The van der Waals surface area contributed by atoms with Crippen LogP contribution < -0.4 is 5.32 Å². The summed E-state index contributed by atoms with van der Waals surface area (Å²) in [4.78, 5) is 14.5. The van der Waals surface area contributed by atoms with Gasteiger partial charge >= 0.3 is 0 Å². The van der Waals surface area contributed by atoms with E-state index in [-0.39, 0.29) is 5.78 Å². The van der Waals surface area contributed by atoms with Crippen LogP contribution in [-0.4, -0.2) is 21.0 Å². The minimum atomic E-state index is -0.000449. The maximum absolute atomic E-state index is 10.6. The van der Waals surface area contributed by atoms with Gasteiger partial charge in [-0.1, -0.05) is 0 Å². The van der Waals surface area contributed by atoms with E-state index in [1.54, 1.807) is 6.92 Å². The van der Waals surface area contributed by atoms with Crippen LogP contribution >= 0.6 is 0 Å². The summed E-state index contributed by atoms with van der Waals surface area (Å²) in [6.07, 6.45) is 2.88. The molecule has 12 heavy (non-hydrogen) atoms. The molecule has 2 N–H and O–H groups in total. The summed E-state index contributed by atoms with van der Waals surface area (Å²) in [5, 5.41) is 9.12. The monoisotopic (exact) mass is 166 g/mol. The molecule has 1 heterocycles. The number of aromatic nitrogens is 3. The summed E-state index contributed by atoms with van der Waals surface area (Å²) in [6, 6.07) is 0. The molecule has 0 bridgehead atoms. The highest BCUT2D eigenvalue weighted by molar-refractivity contribution is 5.88. The first-order valence-electron chi connectivity index (χ1n) is 3.50. The minimum absolute atomic E-state index is 0.000449. The highest BCUT2D eigenvalue weighted by atomic mass is 16.1. The molecular weight excluding hydrogens is 156 g/mol. The predicted molar refractivity (Wildman–Crippen MR) is 44.4 cm³/mol. The zero-order chi connectivity index (χ0) is 8.97. The number of hydrogen-bond acceptors (Lipinski definition) is 4. The summed E-state index contributed by atoms with van der Waals surface area (Å²) in [6.45, 7) is 3.27. The molecule has 0 aliphatic carbocycles. The molecule has 0 aliphatic rings. The summed E-state index contributed by atoms with van der Waals surface area (Å²) in [5.41, 5.74) is 0.735. The second-order valence-corrected chi connectivity index (χ2v) is 2.40. The van der Waals surface area contributed by atoms with E-state index in [1.807, 2.05) is 0 Å². The molecule has 5 nitrogen and oxygen atoms in total. The number of H-pyrrole nitrogens is 1. The van der Waals surface area contributed by atoms with Gasteiger partial charge in [0.15, 0.2) is 5.78 Å². The second kappa shape index (κ2) is 3.66. The van der Waals surface area contributed by atoms with E-state index in [0.717, 1.165) is 5.70 Å². The van der Waals surface area contributed by atoms with Gasteiger partial charge in [0.05, 0.1) is 0 Å². The van der Waals surface area contributed by atoms with E-state index in [4.69, 9.17) is 0 Å². The fraction of sp³-hybridized carbons (Fsp3) is 0.286. The van der Waals surface area contributed by atoms with Crippen molar-refractivity contribution < 1.29 is 4.79 Å². The fourth-order valence-corrected chi connectivity index (χ4v) is 0.793. The van der Waals surface area contributed by atoms with E-state index < -0.39 is 0 Å². The normalized spacial score (nSPS) is 11.3. The van der Waals surface area contributed by atoms with Gasteiger partial charge in [0.1, 0.15) is 6.33 Å². The van der Waals surface area contributed by atoms with Crippen LogP contribution in [0, 0.1) is 0 Å². The van der Waals surface area contributed by atoms with Crippen molar-refractivity contribution in [2.45, 2.75) is 13.8 Å². The van der Waals surface area contributed by atoms with Gasteiger partial charge in [0, 0.05) is 5.70 Å². The van der Waals surface area contributed by atoms with Crippen molar-refractivity contribution in [1.82, 2.24) is 15.2 Å². The topological polar surface area (TPSA) is 70.7 Å². The molecule has 0 unspecified atom stereocenters. The van der Waals surface area contributed by atoms with Crippen LogP contribution in [-0.2, 0) is 4.79 Å². The smallest absolute Gasteiger partial charge is 0.222 e. The standard InChI is InChI=1S/C7H10N4O/c1-5(3-6(2)12)10-7-8-4-9-11-7/h3-4H,1-2H3,(H2,8,9,10,11)/b5-3+. The SMILES string of the molecule is CC(=O)/C=C(\C)Nc1ncn[nH]1. The average molecular weight is 166 g/mol. The number of nitrogens with one attached hydrogen (secondary N) is 2. The van der Waals surface area contributed by atoms with Gasteiger partial charge in [-0.3, -0.25) is 4.79 Å². The van der Waals surface area contributed by atoms with Gasteiger partial charge in [0.25, 0.3) is 0 Å². The van der Waals surface area contributed by atoms with Crippen LogP contribution in [0.3, 0.4) is 0 Å². The Morgan fingerprint density at radius 2 is 2.42 bits per heavy atom. The molecule has 5 heteroatoms. The Labute approximate surface area is 69.9 Å². The summed E-state index contributed by atoms with van der Waals surface area (Å²) in [5.74, 6) is 0.532. The van der Waals surface area contributed by atoms with Gasteiger partial charge in [-0.05, 0) is 19.9 Å². The molecule has 0 saturated heterocycles. The number of hydrogen-bond donors (Lipinski definition) is 2. The molecule has 0 aromatic carbocycles. The van der Waals surface area contributed by atoms with E-state index in [9.17, 15) is 4.79 Å². The number of ketones is 1. The molecule has 0 fully saturated rings. The first kappa shape index (κ1) is 8.45. The maximum Gasteiger partial charge on any atom is 0.222 e. The summed E-state index contributed by atoms with van der Waals surface area (Å²) < 4.78 is 0. The lowest BCUT2D eigenvalue weighted by atomic mass is 10.3. The molecule has 1 rings (SSSR count). The first-order valence-corrected chi connectivity index (χ1v) is 3.50. The molecule has 0 radical (unpaired) electrons. The van der Waals surface area contributed by atoms with E-state index in [1.165, 1.54) is 19.3 Å². The molecule has 0 aliphatic heterocycles. The molecular formula is C7H10N4O. The van der Waals surface area contributed by atoms with E-state index >= 15 is 0 Å². The molecule has 0 atom stereocenters. The van der Waals surface area contributed by atoms with Crippen molar-refractivity contribution in [3.63, 3.8) is 0 Å². The zero-order valence-corrected chi connectivity index (χ0v) is 6.96. The number of rotatable bonds is 3. The number of carbonyl (C=O) groups is 1. The van der Waals surface area contributed by atoms with Gasteiger partial charge in [-0.2, -0.15) is 10.1 Å². The van der Waals surface area contributed by atoms with Crippen LogP contribution in [0.1, 0.15) is 13.8 Å². The third-order valence-corrected chi connectivity index (χ3v) is 1.15. The highest BCUT2D eigenvalue weighted by Gasteiger charge is 1.95. The third-order valence-electron chi connectivity index (χ3n) is 1.15. The van der Waals surface area contributed by atoms with Crippen molar-refractivity contribution in [2.24, 2.45) is 0 Å². The van der Waals surface area contributed by atoms with Crippen LogP contribution in [0.2, 0.25) is 0 Å². The van der Waals surface area contributed by atoms with Crippen molar-refractivity contribution >= 4 is 11.7 Å². The van der Waals surface area contributed by atoms with Crippen molar-refractivity contribution in [2.75, 3.05) is 5.32 Å². The van der Waals surface area contributed by atoms with Crippen LogP contribution in [0.5, 0.6) is 0 Å². The molecule has 64 valence electrons. The Kier molecular flexibility index (Phi) is 2.57. The number of anilines is 1. The molecule has 0 spiro atoms. The quantitative estimate of drug-likeness (QED) is 0.649. The summed E-state index contributed by atoms with van der Waals surface area (Å²) >= 11 is 0. The Hall–Kier alpha value is -1.65. The van der Waals surface area contributed by atoms with Gasteiger partial charge in [-0.15, -0.1) is 0 Å². The Bertz CT molecular complexity index is 288. The van der Waals surface area contributed by atoms with Crippen molar-refractivity contribution in [3.05, 3.63) is 18.1 Å². The molecule has 1 aromatic rings. The first-order chi connectivity index (χ1) is 5.68. The number of allylic oxidation sites excluding steroid dienone is 2. The lowest BCUT2D eigenvalue weighted by molar-refractivity contribution is -0.112. The minimum Gasteiger partial charge on any atom is -0.328 e. The predicted octanol–water partition coefficient (Wildman–Crippen LogP) is 0.709. The number of carbonyl (C=O) groups excluding carboxylic acids is 1. The van der Waals surface area contributed by atoms with Crippen LogP contribution in [0.4, 0.5) is 5.95 Å². The second-order valence-electron chi connectivity index (χ2n) is 2.40. The van der Waals surface area contributed by atoms with Gasteiger partial charge < -0.3 is 5.32 Å². The lowest BCUT2D eigenvalue weighted by Gasteiger charge is -1.99. The molecule has 0 amide bonds. The maximum atomic E-state index is 10.6. The van der Waals surface area contributed by atoms with E-state index in [0.29, 0.717) is 5.95 Å². The van der Waals surface area contributed by atoms with Crippen LogP contribution in [0.25, 0.3) is 0 Å². The van der Waals surface area contributed by atoms with Gasteiger partial charge in [-0.25, -0.2) is 5.10 Å². The Balaban J connectivity index is 2.58. The highest BCUT2D eigenvalue weighted by Crippen LogP contribution is 1.99. The van der Waals surface area contributed by atoms with Crippen molar-refractivity contribution in [1.29, 1.82) is 0 Å². The Morgan fingerprint density at radius 3 is 2.92 bits per heavy atom. The lowest BCUT2D eigenvalue weighted by Crippen LogP contribution is -1.99. The largest absolute Gasteiger partial charge is 0.328 e. The number of nitrogens with zero attached hydrogens (tertiary/aromatic N) is 2. The fourth-order valence-electron chi connectivity index (χ4n) is 0.793. The van der Waals surface area contributed by atoms with Gasteiger partial charge in [0.2, 0.25) is 5.95 Å². The van der Waals surface area contributed by atoms with Crippen molar-refractivity contribution in [3.8, 4) is 0 Å². The summed E-state index contributed by atoms with van der Waals surface area (Å²) in [7, 11) is 0.